The summed E-state index contributed by atoms with van der Waals surface area (Å²) in [4.78, 5) is 19.7. The van der Waals surface area contributed by atoms with Gasteiger partial charge in [0, 0.05) is 48.8 Å². The first-order valence-corrected chi connectivity index (χ1v) is 10.3. The normalized spacial score (nSPS) is 17.3. The number of piperidine rings is 1. The molecule has 0 radical (unpaired) electrons. The molecular weight excluding hydrogens is 344 g/mol. The quantitative estimate of drug-likeness (QED) is 0.455. The van der Waals surface area contributed by atoms with Gasteiger partial charge in [-0.05, 0) is 25.0 Å². The molecule has 0 aliphatic carbocycles. The van der Waals surface area contributed by atoms with Crippen molar-refractivity contribution in [1.82, 2.24) is 15.5 Å². The van der Waals surface area contributed by atoms with Crippen LogP contribution in [-0.2, 0) is 4.79 Å². The lowest BCUT2D eigenvalue weighted by Gasteiger charge is -2.34. The first-order valence-electron chi connectivity index (χ1n) is 9.47. The first-order chi connectivity index (χ1) is 12.5. The molecule has 144 valence electrons. The molecule has 26 heavy (non-hydrogen) atoms. The molecule has 2 rings (SSSR count). The highest BCUT2D eigenvalue weighted by molar-refractivity contribution is 8.00. The van der Waals surface area contributed by atoms with Gasteiger partial charge in [-0.1, -0.05) is 39.0 Å². The van der Waals surface area contributed by atoms with Crippen molar-refractivity contribution in [3.05, 3.63) is 30.3 Å². The number of benzene rings is 1. The number of guanidine groups is 1. The third kappa shape index (κ3) is 6.56. The summed E-state index contributed by atoms with van der Waals surface area (Å²) >= 11 is 1.86. The number of rotatable bonds is 6. The van der Waals surface area contributed by atoms with E-state index in [-0.39, 0.29) is 11.8 Å². The smallest absolute Gasteiger partial charge is 0.225 e. The average molecular weight is 377 g/mol. The molecule has 1 unspecified atom stereocenters. The van der Waals surface area contributed by atoms with Gasteiger partial charge in [0.05, 0.1) is 0 Å². The average Bonchev–Trinajstić information content (AvgIpc) is 2.65. The summed E-state index contributed by atoms with van der Waals surface area (Å²) in [6.45, 7) is 8.65. The number of thioether (sulfide) groups is 1. The molecule has 1 aromatic rings. The topological polar surface area (TPSA) is 56.7 Å². The minimum absolute atomic E-state index is 0.0811. The Labute approximate surface area is 162 Å². The van der Waals surface area contributed by atoms with E-state index in [0.717, 1.165) is 38.4 Å². The third-order valence-corrected chi connectivity index (χ3v) is 5.62. The SMILES string of the molecule is CN=C(NCC(C)Sc1ccccc1)NC1CCN(C(=O)C(C)C)CC1. The summed E-state index contributed by atoms with van der Waals surface area (Å²) in [7, 11) is 1.81. The molecule has 1 saturated heterocycles. The maximum absolute atomic E-state index is 12.1. The van der Waals surface area contributed by atoms with Gasteiger partial charge in [-0.15, -0.1) is 11.8 Å². The predicted molar refractivity (Wildman–Crippen MR) is 111 cm³/mol. The Balaban J connectivity index is 1.72. The molecule has 5 nitrogen and oxygen atoms in total. The Morgan fingerprint density at radius 3 is 2.46 bits per heavy atom. The number of carbonyl (C=O) groups is 1. The second-order valence-corrected chi connectivity index (χ2v) is 8.61. The molecule has 1 aromatic carbocycles. The number of nitrogens with zero attached hydrogens (tertiary/aromatic N) is 2. The Bertz CT molecular complexity index is 583. The van der Waals surface area contributed by atoms with Gasteiger partial charge in [0.2, 0.25) is 5.91 Å². The van der Waals surface area contributed by atoms with Crippen LogP contribution in [0, 0.1) is 5.92 Å². The summed E-state index contributed by atoms with van der Waals surface area (Å²) in [5.74, 6) is 1.19. The molecule has 1 aliphatic rings. The van der Waals surface area contributed by atoms with Crippen molar-refractivity contribution in [1.29, 1.82) is 0 Å². The third-order valence-electron chi connectivity index (χ3n) is 4.50. The molecule has 2 N–H and O–H groups in total. The van der Waals surface area contributed by atoms with Crippen LogP contribution >= 0.6 is 11.8 Å². The standard InChI is InChI=1S/C20H32N4OS/c1-15(2)19(25)24-12-10-17(11-13-24)23-20(21-4)22-14-16(3)26-18-8-6-5-7-9-18/h5-9,15-17H,10-14H2,1-4H3,(H2,21,22,23). The zero-order valence-corrected chi connectivity index (χ0v) is 17.2. The summed E-state index contributed by atoms with van der Waals surface area (Å²) in [6, 6.07) is 10.8. The molecular formula is C20H32N4OS. The predicted octanol–water partition coefficient (Wildman–Crippen LogP) is 2.98. The minimum atomic E-state index is 0.0811. The van der Waals surface area contributed by atoms with E-state index in [1.54, 1.807) is 0 Å². The molecule has 0 aromatic heterocycles. The fourth-order valence-corrected chi connectivity index (χ4v) is 3.96. The molecule has 1 amide bonds. The lowest BCUT2D eigenvalue weighted by Crippen LogP contribution is -2.51. The number of likely N-dealkylation sites (tertiary alicyclic amines) is 1. The highest BCUT2D eigenvalue weighted by Crippen LogP contribution is 2.22. The van der Waals surface area contributed by atoms with Gasteiger partial charge in [-0.3, -0.25) is 9.79 Å². The van der Waals surface area contributed by atoms with E-state index in [9.17, 15) is 4.79 Å². The zero-order chi connectivity index (χ0) is 18.9. The van der Waals surface area contributed by atoms with Gasteiger partial charge >= 0.3 is 0 Å². The molecule has 1 aliphatic heterocycles. The van der Waals surface area contributed by atoms with Gasteiger partial charge in [-0.2, -0.15) is 0 Å². The van der Waals surface area contributed by atoms with E-state index in [4.69, 9.17) is 0 Å². The maximum atomic E-state index is 12.1. The number of carbonyl (C=O) groups excluding carboxylic acids is 1. The highest BCUT2D eigenvalue weighted by Gasteiger charge is 2.24. The van der Waals surface area contributed by atoms with Crippen LogP contribution in [-0.4, -0.2) is 54.7 Å². The van der Waals surface area contributed by atoms with Crippen molar-refractivity contribution in [2.24, 2.45) is 10.9 Å². The second kappa shape index (κ2) is 10.5. The summed E-state index contributed by atoms with van der Waals surface area (Å²) < 4.78 is 0. The number of nitrogens with one attached hydrogen (secondary N) is 2. The van der Waals surface area contributed by atoms with Gasteiger partial charge in [0.1, 0.15) is 0 Å². The van der Waals surface area contributed by atoms with Crippen LogP contribution in [0.3, 0.4) is 0 Å². The Morgan fingerprint density at radius 2 is 1.88 bits per heavy atom. The van der Waals surface area contributed by atoms with Gasteiger partial charge < -0.3 is 15.5 Å². The van der Waals surface area contributed by atoms with Crippen LogP contribution in [0.4, 0.5) is 0 Å². The zero-order valence-electron chi connectivity index (χ0n) is 16.4. The van der Waals surface area contributed by atoms with Crippen molar-refractivity contribution in [3.8, 4) is 0 Å². The minimum Gasteiger partial charge on any atom is -0.355 e. The molecule has 6 heteroatoms. The monoisotopic (exact) mass is 376 g/mol. The molecule has 0 spiro atoms. The number of hydrogen-bond acceptors (Lipinski definition) is 3. The summed E-state index contributed by atoms with van der Waals surface area (Å²) in [5.41, 5.74) is 0. The molecule has 0 saturated carbocycles. The van der Waals surface area contributed by atoms with Crippen LogP contribution in [0.5, 0.6) is 0 Å². The van der Waals surface area contributed by atoms with Crippen LogP contribution in [0.15, 0.2) is 40.2 Å². The molecule has 0 bridgehead atoms. The summed E-state index contributed by atoms with van der Waals surface area (Å²) in [5, 5.41) is 7.38. The fraction of sp³-hybridized carbons (Fsp3) is 0.600. The molecule has 1 atom stereocenters. The van der Waals surface area contributed by atoms with E-state index < -0.39 is 0 Å². The van der Waals surface area contributed by atoms with Crippen molar-refractivity contribution >= 4 is 23.6 Å². The van der Waals surface area contributed by atoms with Crippen LogP contribution in [0.1, 0.15) is 33.6 Å². The van der Waals surface area contributed by atoms with Crippen LogP contribution < -0.4 is 10.6 Å². The highest BCUT2D eigenvalue weighted by atomic mass is 32.2. The Hall–Kier alpha value is -1.69. The van der Waals surface area contributed by atoms with Gasteiger partial charge in [0.15, 0.2) is 5.96 Å². The van der Waals surface area contributed by atoms with E-state index in [1.807, 2.05) is 43.6 Å². The van der Waals surface area contributed by atoms with Crippen LogP contribution in [0.25, 0.3) is 0 Å². The maximum Gasteiger partial charge on any atom is 0.225 e. The van der Waals surface area contributed by atoms with E-state index in [0.29, 0.717) is 11.3 Å². The van der Waals surface area contributed by atoms with Gasteiger partial charge in [-0.25, -0.2) is 0 Å². The van der Waals surface area contributed by atoms with E-state index in [2.05, 4.69) is 46.8 Å². The first kappa shape index (κ1) is 20.6. The molecule has 1 heterocycles. The van der Waals surface area contributed by atoms with Crippen molar-refractivity contribution in [2.45, 2.75) is 49.8 Å². The molecule has 1 fully saturated rings. The number of aliphatic imine (C=N–C) groups is 1. The van der Waals surface area contributed by atoms with Crippen molar-refractivity contribution < 1.29 is 4.79 Å². The number of hydrogen-bond donors (Lipinski definition) is 2. The van der Waals surface area contributed by atoms with Gasteiger partial charge in [0.25, 0.3) is 0 Å². The Morgan fingerprint density at radius 1 is 1.23 bits per heavy atom. The number of amides is 1. The summed E-state index contributed by atoms with van der Waals surface area (Å²) in [6.07, 6.45) is 1.93. The lowest BCUT2D eigenvalue weighted by atomic mass is 10.0. The van der Waals surface area contributed by atoms with Crippen LogP contribution in [0.2, 0.25) is 0 Å². The lowest BCUT2D eigenvalue weighted by molar-refractivity contribution is -0.135. The largest absolute Gasteiger partial charge is 0.355 e. The van der Waals surface area contributed by atoms with E-state index >= 15 is 0 Å². The van der Waals surface area contributed by atoms with E-state index in [1.165, 1.54) is 4.90 Å². The second-order valence-electron chi connectivity index (χ2n) is 7.09. The fourth-order valence-electron chi connectivity index (χ4n) is 3.01. The van der Waals surface area contributed by atoms with Crippen molar-refractivity contribution in [2.75, 3.05) is 26.7 Å². The van der Waals surface area contributed by atoms with Crippen molar-refractivity contribution in [3.63, 3.8) is 0 Å². The Kier molecular flexibility index (Phi) is 8.29.